The maximum absolute atomic E-state index is 12.6. The lowest BCUT2D eigenvalue weighted by atomic mass is 9.91. The van der Waals surface area contributed by atoms with Gasteiger partial charge >= 0.3 is 5.97 Å². The van der Waals surface area contributed by atoms with Crippen LogP contribution in [0.4, 0.5) is 0 Å². The minimum atomic E-state index is -1.33. The first-order chi connectivity index (χ1) is 14.5. The Morgan fingerprint density at radius 1 is 1.13 bits per heavy atom. The highest BCUT2D eigenvalue weighted by molar-refractivity contribution is 8.00. The summed E-state index contributed by atoms with van der Waals surface area (Å²) in [6.07, 6.45) is 17.5. The van der Waals surface area contributed by atoms with Gasteiger partial charge in [-0.2, -0.15) is 11.8 Å². The number of allylic oxidation sites excluding steroid dienone is 4. The van der Waals surface area contributed by atoms with E-state index >= 15 is 0 Å². The van der Waals surface area contributed by atoms with Gasteiger partial charge in [-0.1, -0.05) is 63.3 Å². The van der Waals surface area contributed by atoms with Gasteiger partial charge in [-0.15, -0.1) is 0 Å². The van der Waals surface area contributed by atoms with Crippen LogP contribution in [0.1, 0.15) is 77.6 Å². The average Bonchev–Trinajstić information content (AvgIpc) is 3.02. The number of aliphatic hydroxyl groups excluding tert-OH is 2. The van der Waals surface area contributed by atoms with Gasteiger partial charge in [0.2, 0.25) is 0 Å². The largest absolute Gasteiger partial charge is 0.479 e. The molecule has 0 aliphatic heterocycles. The number of hydrogen-bond acceptors (Lipinski definition) is 5. The monoisotopic (exact) mass is 440 g/mol. The van der Waals surface area contributed by atoms with Crippen molar-refractivity contribution in [3.8, 4) is 0 Å². The smallest absolute Gasteiger partial charge is 0.332 e. The molecule has 0 aromatic rings. The lowest BCUT2D eigenvalue weighted by Crippen LogP contribution is -2.18. The number of carboxylic acid groups (broad SMARTS) is 1. The molecule has 0 spiro atoms. The van der Waals surface area contributed by atoms with Crippen molar-refractivity contribution in [1.29, 1.82) is 0 Å². The predicted molar refractivity (Wildman–Crippen MR) is 124 cm³/mol. The van der Waals surface area contributed by atoms with E-state index in [1.54, 1.807) is 11.8 Å². The van der Waals surface area contributed by atoms with Crippen LogP contribution >= 0.6 is 11.8 Å². The Morgan fingerprint density at radius 3 is 2.57 bits per heavy atom. The summed E-state index contributed by atoms with van der Waals surface area (Å²) in [5, 5.41) is 27.4. The van der Waals surface area contributed by atoms with Crippen LogP contribution in [-0.2, 0) is 9.59 Å². The zero-order valence-corrected chi connectivity index (χ0v) is 19.2. The van der Waals surface area contributed by atoms with E-state index < -0.39 is 12.1 Å². The van der Waals surface area contributed by atoms with Crippen molar-refractivity contribution in [2.75, 3.05) is 12.4 Å². The number of aliphatic carboxylic acids is 1. The second-order valence-corrected chi connectivity index (χ2v) is 9.46. The molecule has 0 bridgehead atoms. The number of carboxylic acids is 1. The number of carbonyl (C=O) groups excluding carboxylic acids is 1. The Bertz CT molecular complexity index is 546. The van der Waals surface area contributed by atoms with Crippen LogP contribution in [0, 0.1) is 11.8 Å². The number of aliphatic hydroxyl groups is 2. The van der Waals surface area contributed by atoms with Gasteiger partial charge in [-0.3, -0.25) is 4.79 Å². The fourth-order valence-corrected chi connectivity index (χ4v) is 5.11. The number of thioether (sulfide) groups is 1. The third kappa shape index (κ3) is 10.8. The molecule has 1 fully saturated rings. The van der Waals surface area contributed by atoms with Crippen molar-refractivity contribution in [1.82, 2.24) is 0 Å². The molecule has 1 saturated carbocycles. The van der Waals surface area contributed by atoms with Crippen molar-refractivity contribution in [3.05, 3.63) is 24.3 Å². The van der Waals surface area contributed by atoms with Gasteiger partial charge in [-0.25, -0.2) is 4.79 Å². The first-order valence-corrected chi connectivity index (χ1v) is 12.5. The van der Waals surface area contributed by atoms with Gasteiger partial charge in [0.05, 0.1) is 6.61 Å². The third-order valence-corrected chi connectivity index (χ3v) is 6.99. The standard InChI is InChI=1S/C24H40O5S/c1-2-3-4-5-6-7-8-10-14-20-19(22(27)18-23(20)30-17-16-25)13-11-9-12-15-21(26)24(28)29/h9-11,14,19-21,23,25-26H,2-8,12-13,15-18H2,1H3,(H,28,29)/b11-9-,14-10+/t19-,20-,21?,23-/m1/s1. The van der Waals surface area contributed by atoms with E-state index in [9.17, 15) is 14.7 Å². The highest BCUT2D eigenvalue weighted by atomic mass is 32.2. The molecule has 1 aliphatic carbocycles. The van der Waals surface area contributed by atoms with Gasteiger partial charge in [0.1, 0.15) is 5.78 Å². The summed E-state index contributed by atoms with van der Waals surface area (Å²) in [6.45, 7) is 2.35. The van der Waals surface area contributed by atoms with Gasteiger partial charge in [-0.05, 0) is 38.0 Å². The van der Waals surface area contributed by atoms with Gasteiger partial charge in [0.15, 0.2) is 6.10 Å². The van der Waals surface area contributed by atoms with E-state index in [1.165, 1.54) is 38.5 Å². The molecule has 0 aromatic carbocycles. The Balaban J connectivity index is 2.53. The van der Waals surface area contributed by atoms with E-state index in [0.29, 0.717) is 25.0 Å². The molecule has 5 nitrogen and oxygen atoms in total. The second-order valence-electron chi connectivity index (χ2n) is 8.11. The van der Waals surface area contributed by atoms with Crippen LogP contribution < -0.4 is 0 Å². The molecule has 1 aliphatic rings. The molecule has 0 radical (unpaired) electrons. The fraction of sp³-hybridized carbons (Fsp3) is 0.750. The SMILES string of the molecule is CCCCCCCC/C=C/[C@H]1[C@H](SCCO)CC(=O)[C@@H]1C/C=C\CCC(O)C(=O)O. The number of rotatable bonds is 17. The molecular formula is C24H40O5S. The highest BCUT2D eigenvalue weighted by Gasteiger charge is 2.40. The van der Waals surface area contributed by atoms with Crippen LogP contribution in [-0.4, -0.2) is 50.8 Å². The number of carbonyl (C=O) groups is 2. The van der Waals surface area contributed by atoms with Crippen LogP contribution in [0.5, 0.6) is 0 Å². The topological polar surface area (TPSA) is 94.8 Å². The molecule has 0 saturated heterocycles. The van der Waals surface area contributed by atoms with E-state index in [2.05, 4.69) is 19.1 Å². The summed E-state index contributed by atoms with van der Waals surface area (Å²) in [5.74, 6) is -0.148. The summed E-state index contributed by atoms with van der Waals surface area (Å²) in [5.41, 5.74) is 0. The summed E-state index contributed by atoms with van der Waals surface area (Å²) < 4.78 is 0. The first kappa shape index (κ1) is 26.9. The zero-order chi connectivity index (χ0) is 22.2. The molecule has 30 heavy (non-hydrogen) atoms. The Kier molecular flexibility index (Phi) is 14.9. The van der Waals surface area contributed by atoms with Crippen LogP contribution in [0.25, 0.3) is 0 Å². The lowest BCUT2D eigenvalue weighted by Gasteiger charge is -2.19. The third-order valence-electron chi connectivity index (χ3n) is 5.66. The zero-order valence-electron chi connectivity index (χ0n) is 18.4. The molecule has 172 valence electrons. The number of ketones is 1. The highest BCUT2D eigenvalue weighted by Crippen LogP contribution is 2.40. The second kappa shape index (κ2) is 16.6. The molecule has 0 amide bonds. The summed E-state index contributed by atoms with van der Waals surface area (Å²) in [6, 6.07) is 0. The van der Waals surface area contributed by atoms with Gasteiger partial charge in [0.25, 0.3) is 0 Å². The Hall–Kier alpha value is -1.11. The predicted octanol–water partition coefficient (Wildman–Crippen LogP) is 4.76. The molecule has 6 heteroatoms. The maximum Gasteiger partial charge on any atom is 0.332 e. The van der Waals surface area contributed by atoms with Crippen LogP contribution in [0.15, 0.2) is 24.3 Å². The van der Waals surface area contributed by atoms with Crippen molar-refractivity contribution in [2.24, 2.45) is 11.8 Å². The van der Waals surface area contributed by atoms with Crippen molar-refractivity contribution in [2.45, 2.75) is 88.9 Å². The quantitative estimate of drug-likeness (QED) is 0.223. The van der Waals surface area contributed by atoms with E-state index in [1.807, 2.05) is 12.2 Å². The van der Waals surface area contributed by atoms with Gasteiger partial charge < -0.3 is 15.3 Å². The Morgan fingerprint density at radius 2 is 1.87 bits per heavy atom. The molecule has 1 unspecified atom stereocenters. The molecule has 0 heterocycles. The summed E-state index contributed by atoms with van der Waals surface area (Å²) in [7, 11) is 0. The molecule has 1 rings (SSSR count). The van der Waals surface area contributed by atoms with E-state index in [0.717, 1.165) is 6.42 Å². The first-order valence-electron chi connectivity index (χ1n) is 11.5. The fourth-order valence-electron chi connectivity index (χ4n) is 3.91. The van der Waals surface area contributed by atoms with Gasteiger partial charge in [0, 0.05) is 23.3 Å². The summed E-state index contributed by atoms with van der Waals surface area (Å²) >= 11 is 1.68. The number of Topliss-reactive ketones (excluding diaryl/α,β-unsaturated/α-hetero) is 1. The minimum absolute atomic E-state index is 0.0531. The maximum atomic E-state index is 12.6. The van der Waals surface area contributed by atoms with E-state index in [-0.39, 0.29) is 35.9 Å². The lowest BCUT2D eigenvalue weighted by molar-refractivity contribution is -0.146. The van der Waals surface area contributed by atoms with Crippen LogP contribution in [0.3, 0.4) is 0 Å². The van der Waals surface area contributed by atoms with Crippen molar-refractivity contribution >= 4 is 23.5 Å². The van der Waals surface area contributed by atoms with Crippen molar-refractivity contribution in [3.63, 3.8) is 0 Å². The van der Waals surface area contributed by atoms with Crippen LogP contribution in [0.2, 0.25) is 0 Å². The minimum Gasteiger partial charge on any atom is -0.479 e. The number of unbranched alkanes of at least 4 members (excludes halogenated alkanes) is 6. The normalized spacial score (nSPS) is 23.0. The average molecular weight is 441 g/mol. The Labute approximate surface area is 186 Å². The molecular weight excluding hydrogens is 400 g/mol. The van der Waals surface area contributed by atoms with E-state index in [4.69, 9.17) is 10.2 Å². The molecule has 4 atom stereocenters. The number of hydrogen-bond donors (Lipinski definition) is 3. The summed E-state index contributed by atoms with van der Waals surface area (Å²) in [4.78, 5) is 23.2. The van der Waals surface area contributed by atoms with Crippen molar-refractivity contribution < 1.29 is 24.9 Å². The molecule has 0 aromatic heterocycles. The molecule has 3 N–H and O–H groups in total.